The first-order chi connectivity index (χ1) is 11.2. The Morgan fingerprint density at radius 2 is 2.12 bits per heavy atom. The smallest absolute Gasteiger partial charge is 0.410 e. The Labute approximate surface area is 149 Å². The molecule has 1 atom stereocenters. The highest BCUT2D eigenvalue weighted by atomic mass is 35.5. The van der Waals surface area contributed by atoms with Crippen molar-refractivity contribution in [1.29, 1.82) is 0 Å². The molecule has 24 heavy (non-hydrogen) atoms. The van der Waals surface area contributed by atoms with E-state index in [1.165, 1.54) is 0 Å². The minimum atomic E-state index is -0.573. The number of hydrogen-bond acceptors (Lipinski definition) is 4. The summed E-state index contributed by atoms with van der Waals surface area (Å²) in [5.74, 6) is 0.880. The van der Waals surface area contributed by atoms with Gasteiger partial charge in [-0.05, 0) is 33.1 Å². The first-order valence-electron chi connectivity index (χ1n) is 8.36. The van der Waals surface area contributed by atoms with Gasteiger partial charge in [-0.3, -0.25) is 4.90 Å². The Morgan fingerprint density at radius 3 is 2.62 bits per heavy atom. The van der Waals surface area contributed by atoms with Gasteiger partial charge in [0.05, 0.1) is 18.6 Å². The van der Waals surface area contributed by atoms with Crippen LogP contribution in [0.2, 0.25) is 0 Å². The molecule has 0 radical (unpaired) electrons. The molecule has 0 fully saturated rings. The lowest BCUT2D eigenvalue weighted by atomic mass is 10.1. The van der Waals surface area contributed by atoms with Crippen molar-refractivity contribution in [3.8, 4) is 0 Å². The molecule has 138 valence electrons. The van der Waals surface area contributed by atoms with Crippen LogP contribution in [0.25, 0.3) is 0 Å². The van der Waals surface area contributed by atoms with Gasteiger partial charge in [-0.15, -0.1) is 11.6 Å². The van der Waals surface area contributed by atoms with E-state index in [2.05, 4.69) is 23.8 Å². The summed E-state index contributed by atoms with van der Waals surface area (Å²) in [7, 11) is 0. The summed E-state index contributed by atoms with van der Waals surface area (Å²) in [4.78, 5) is 21.4. The monoisotopic (exact) mass is 359 g/mol. The lowest BCUT2D eigenvalue weighted by Gasteiger charge is -2.32. The summed E-state index contributed by atoms with van der Waals surface area (Å²) in [6, 6.07) is -0.336. The number of hydrogen-bond donors (Lipinski definition) is 1. The molecule has 0 aliphatic carbocycles. The predicted molar refractivity (Wildman–Crippen MR) is 95.3 cm³/mol. The van der Waals surface area contributed by atoms with E-state index in [4.69, 9.17) is 21.1 Å². The van der Waals surface area contributed by atoms with Gasteiger partial charge in [0.25, 0.3) is 0 Å². The van der Waals surface area contributed by atoms with Crippen LogP contribution in [-0.2, 0) is 9.47 Å². The van der Waals surface area contributed by atoms with E-state index in [0.717, 1.165) is 12.1 Å². The number of carbonyl (C=O) groups excluding carboxylic acids is 1. The lowest BCUT2D eigenvalue weighted by molar-refractivity contribution is 0.000472. The molecule has 0 aliphatic rings. The molecule has 1 heterocycles. The molecule has 1 aromatic heterocycles. The zero-order valence-corrected chi connectivity index (χ0v) is 16.1. The van der Waals surface area contributed by atoms with Crippen molar-refractivity contribution in [3.63, 3.8) is 0 Å². The molecule has 1 N–H and O–H groups in total. The van der Waals surface area contributed by atoms with E-state index in [-0.39, 0.29) is 6.04 Å². The van der Waals surface area contributed by atoms with Crippen molar-refractivity contribution < 1.29 is 14.3 Å². The highest BCUT2D eigenvalue weighted by molar-refractivity contribution is 6.18. The second-order valence-electron chi connectivity index (χ2n) is 7.13. The van der Waals surface area contributed by atoms with Crippen LogP contribution in [0, 0.1) is 5.92 Å². The van der Waals surface area contributed by atoms with Crippen LogP contribution in [0.4, 0.5) is 4.79 Å². The van der Waals surface area contributed by atoms with E-state index in [0.29, 0.717) is 31.6 Å². The van der Waals surface area contributed by atoms with E-state index in [1.807, 2.05) is 20.8 Å². The fourth-order valence-corrected chi connectivity index (χ4v) is 2.27. The molecule has 0 saturated carbocycles. The quantitative estimate of drug-likeness (QED) is 0.534. The molecule has 0 aliphatic heterocycles. The first kappa shape index (κ1) is 20.8. The van der Waals surface area contributed by atoms with Crippen molar-refractivity contribution >= 4 is 17.7 Å². The number of aromatic amines is 1. The van der Waals surface area contributed by atoms with Gasteiger partial charge in [-0.1, -0.05) is 13.8 Å². The maximum absolute atomic E-state index is 12.6. The molecule has 1 aromatic rings. The summed E-state index contributed by atoms with van der Waals surface area (Å²) in [5.41, 5.74) is 0.159. The second kappa shape index (κ2) is 9.89. The number of nitrogens with zero attached hydrogens (tertiary/aromatic N) is 2. The molecule has 0 spiro atoms. The van der Waals surface area contributed by atoms with Gasteiger partial charge in [-0.25, -0.2) is 9.78 Å². The van der Waals surface area contributed by atoms with Gasteiger partial charge in [0.2, 0.25) is 0 Å². The number of nitrogens with one attached hydrogen (secondary N) is 1. The molecule has 0 bridgehead atoms. The third kappa shape index (κ3) is 7.53. The summed E-state index contributed by atoms with van der Waals surface area (Å²) in [5, 5.41) is 0. The van der Waals surface area contributed by atoms with Crippen LogP contribution in [0.3, 0.4) is 0 Å². The molecule has 0 aromatic carbocycles. The molecular formula is C17H30ClN3O3. The maximum atomic E-state index is 12.6. The number of aromatic nitrogens is 2. The van der Waals surface area contributed by atoms with Gasteiger partial charge in [0, 0.05) is 25.2 Å². The van der Waals surface area contributed by atoms with Crippen LogP contribution in [0.5, 0.6) is 0 Å². The normalized spacial score (nSPS) is 13.1. The number of alkyl halides is 1. The number of rotatable bonds is 9. The van der Waals surface area contributed by atoms with Crippen LogP contribution in [0.1, 0.15) is 52.8 Å². The van der Waals surface area contributed by atoms with Gasteiger partial charge < -0.3 is 14.5 Å². The highest BCUT2D eigenvalue weighted by Gasteiger charge is 2.30. The Bertz CT molecular complexity index is 472. The number of ether oxygens (including phenoxy) is 2. The second-order valence-corrected chi connectivity index (χ2v) is 7.51. The molecule has 1 unspecified atom stereocenters. The molecule has 0 saturated heterocycles. The fourth-order valence-electron chi connectivity index (χ4n) is 2.09. The van der Waals surface area contributed by atoms with E-state index < -0.39 is 11.7 Å². The summed E-state index contributed by atoms with van der Waals surface area (Å²) >= 11 is 5.90. The minimum absolute atomic E-state index is 0.312. The summed E-state index contributed by atoms with van der Waals surface area (Å²) < 4.78 is 11.3. The van der Waals surface area contributed by atoms with Crippen molar-refractivity contribution in [2.45, 2.75) is 52.7 Å². The van der Waals surface area contributed by atoms with Gasteiger partial charge in [0.1, 0.15) is 11.6 Å². The topological polar surface area (TPSA) is 67.5 Å². The summed E-state index contributed by atoms with van der Waals surface area (Å²) in [6.07, 6.45) is 3.91. The van der Waals surface area contributed by atoms with Crippen molar-refractivity contribution in [2.75, 3.05) is 25.6 Å². The number of H-pyrrole nitrogens is 1. The van der Waals surface area contributed by atoms with Gasteiger partial charge in [-0.2, -0.15) is 0 Å². The zero-order chi connectivity index (χ0) is 18.2. The standard InChI is InChI=1S/C17H30ClN3O3/c1-13(2)6-9-23-11-15(14-10-19-12-20-14)21(8-7-18)16(22)24-17(3,4)5/h10,12-13,15H,6-9,11H2,1-5H3,(H,19,20). The van der Waals surface area contributed by atoms with Crippen LogP contribution < -0.4 is 0 Å². The minimum Gasteiger partial charge on any atom is -0.444 e. The van der Waals surface area contributed by atoms with E-state index >= 15 is 0 Å². The van der Waals surface area contributed by atoms with Gasteiger partial charge >= 0.3 is 6.09 Å². The average Bonchev–Trinajstić information content (AvgIpc) is 2.97. The van der Waals surface area contributed by atoms with E-state index in [9.17, 15) is 4.79 Å². The number of imidazole rings is 1. The Hall–Kier alpha value is -1.27. The van der Waals surface area contributed by atoms with Crippen molar-refractivity contribution in [2.24, 2.45) is 5.92 Å². The van der Waals surface area contributed by atoms with Crippen LogP contribution >= 0.6 is 11.6 Å². The molecule has 1 amide bonds. The summed E-state index contributed by atoms with van der Waals surface area (Å²) in [6.45, 7) is 11.2. The molecule has 7 heteroatoms. The Morgan fingerprint density at radius 1 is 1.42 bits per heavy atom. The zero-order valence-electron chi connectivity index (χ0n) is 15.3. The largest absolute Gasteiger partial charge is 0.444 e. The number of carbonyl (C=O) groups is 1. The van der Waals surface area contributed by atoms with Crippen LogP contribution in [0.15, 0.2) is 12.5 Å². The molecule has 6 nitrogen and oxygen atoms in total. The molecule has 1 rings (SSSR count). The van der Waals surface area contributed by atoms with Crippen molar-refractivity contribution in [1.82, 2.24) is 14.9 Å². The van der Waals surface area contributed by atoms with Crippen molar-refractivity contribution in [3.05, 3.63) is 18.2 Å². The first-order valence-corrected chi connectivity index (χ1v) is 8.90. The Kier molecular flexibility index (Phi) is 8.56. The number of halogens is 1. The van der Waals surface area contributed by atoms with E-state index in [1.54, 1.807) is 17.4 Å². The number of amides is 1. The third-order valence-corrected chi connectivity index (χ3v) is 3.47. The third-order valence-electron chi connectivity index (χ3n) is 3.31. The van der Waals surface area contributed by atoms with Crippen LogP contribution in [-0.4, -0.2) is 52.2 Å². The van der Waals surface area contributed by atoms with Gasteiger partial charge in [0.15, 0.2) is 0 Å². The average molecular weight is 360 g/mol. The fraction of sp³-hybridized carbons (Fsp3) is 0.765. The predicted octanol–water partition coefficient (Wildman–Crippen LogP) is 3.99. The highest BCUT2D eigenvalue weighted by Crippen LogP contribution is 2.22. The lowest BCUT2D eigenvalue weighted by Crippen LogP contribution is -2.42. The SMILES string of the molecule is CC(C)CCOCC(c1c[nH]cn1)N(CCCl)C(=O)OC(C)(C)C. The Balaban J connectivity index is 2.85. The maximum Gasteiger partial charge on any atom is 0.410 e. The molecular weight excluding hydrogens is 330 g/mol.